The average molecular weight is 191 g/mol. The van der Waals surface area contributed by atoms with Gasteiger partial charge < -0.3 is 10.3 Å². The van der Waals surface area contributed by atoms with Gasteiger partial charge in [-0.1, -0.05) is 13.3 Å². The third kappa shape index (κ3) is 0.934. The Balaban J connectivity index is 2.10. The molecule has 0 bridgehead atoms. The van der Waals surface area contributed by atoms with Crippen molar-refractivity contribution in [2.24, 2.45) is 5.92 Å². The molecule has 3 nitrogen and oxygen atoms in total. The van der Waals surface area contributed by atoms with Gasteiger partial charge in [0.15, 0.2) is 0 Å². The van der Waals surface area contributed by atoms with Gasteiger partial charge in [-0.2, -0.15) is 0 Å². The van der Waals surface area contributed by atoms with Crippen LogP contribution in [0.5, 0.6) is 0 Å². The molecule has 0 unspecified atom stereocenters. The zero-order valence-corrected chi connectivity index (χ0v) is 8.64. The number of aromatic amines is 1. The molecule has 2 atom stereocenters. The van der Waals surface area contributed by atoms with Crippen LogP contribution in [-0.2, 0) is 12.0 Å². The zero-order valence-electron chi connectivity index (χ0n) is 8.64. The maximum atomic E-state index is 4.52. The largest absolute Gasteiger partial charge is 0.348 e. The summed E-state index contributed by atoms with van der Waals surface area (Å²) >= 11 is 0. The van der Waals surface area contributed by atoms with E-state index in [4.69, 9.17) is 0 Å². The second kappa shape index (κ2) is 2.83. The smallest absolute Gasteiger partial charge is 0.0926 e. The zero-order chi connectivity index (χ0) is 9.60. The molecule has 0 amide bonds. The lowest BCUT2D eigenvalue weighted by atomic mass is 9.81. The molecule has 1 fully saturated rings. The highest BCUT2D eigenvalue weighted by atomic mass is 15.1. The standard InChI is InChI=1S/C11H17N3/c1-8-3-2-5-11(8)10-9(4-6-14-11)12-7-13-10/h7-8,14H,2-6H2,1H3,(H,12,13)/t8-,11-/m1/s1. The van der Waals surface area contributed by atoms with Gasteiger partial charge in [-0.25, -0.2) is 4.98 Å². The molecule has 2 N–H and O–H groups in total. The number of fused-ring (bicyclic) bond motifs is 2. The Morgan fingerprint density at radius 1 is 1.57 bits per heavy atom. The van der Waals surface area contributed by atoms with Crippen LogP contribution in [0.3, 0.4) is 0 Å². The monoisotopic (exact) mass is 191 g/mol. The molecule has 2 aliphatic rings. The Kier molecular flexibility index (Phi) is 1.71. The first-order valence-electron chi connectivity index (χ1n) is 5.61. The molecule has 14 heavy (non-hydrogen) atoms. The predicted molar refractivity (Wildman–Crippen MR) is 55.0 cm³/mol. The lowest BCUT2D eigenvalue weighted by molar-refractivity contribution is 0.242. The van der Waals surface area contributed by atoms with Crippen LogP contribution >= 0.6 is 0 Å². The second-order valence-corrected chi connectivity index (χ2v) is 4.67. The van der Waals surface area contributed by atoms with E-state index in [9.17, 15) is 0 Å². The third-order valence-electron chi connectivity index (χ3n) is 4.01. The highest BCUT2D eigenvalue weighted by Crippen LogP contribution is 2.44. The SMILES string of the molecule is C[C@@H]1CCC[C@@]12NCCc1[nH]cnc12. The molecule has 0 saturated heterocycles. The van der Waals surface area contributed by atoms with Gasteiger partial charge in [0.1, 0.15) is 0 Å². The van der Waals surface area contributed by atoms with Crippen LogP contribution in [0.1, 0.15) is 37.6 Å². The van der Waals surface area contributed by atoms with Crippen LogP contribution in [0.15, 0.2) is 6.33 Å². The molecular formula is C11H17N3. The van der Waals surface area contributed by atoms with Crippen molar-refractivity contribution in [3.05, 3.63) is 17.7 Å². The number of hydrogen-bond donors (Lipinski definition) is 2. The van der Waals surface area contributed by atoms with Crippen LogP contribution in [0.2, 0.25) is 0 Å². The number of aromatic nitrogens is 2. The van der Waals surface area contributed by atoms with Crippen molar-refractivity contribution in [1.82, 2.24) is 15.3 Å². The van der Waals surface area contributed by atoms with Crippen LogP contribution in [0.25, 0.3) is 0 Å². The minimum atomic E-state index is 0.202. The maximum absolute atomic E-state index is 4.52. The highest BCUT2D eigenvalue weighted by Gasteiger charge is 2.45. The molecule has 1 saturated carbocycles. The van der Waals surface area contributed by atoms with Gasteiger partial charge in [-0.15, -0.1) is 0 Å². The Morgan fingerprint density at radius 2 is 2.50 bits per heavy atom. The first-order valence-corrected chi connectivity index (χ1v) is 5.61. The topological polar surface area (TPSA) is 40.7 Å². The summed E-state index contributed by atoms with van der Waals surface area (Å²) in [4.78, 5) is 7.80. The number of H-pyrrole nitrogens is 1. The minimum Gasteiger partial charge on any atom is -0.348 e. The lowest BCUT2D eigenvalue weighted by Gasteiger charge is -2.37. The minimum absolute atomic E-state index is 0.202. The molecule has 1 aliphatic heterocycles. The van der Waals surface area contributed by atoms with E-state index in [1.54, 1.807) is 0 Å². The summed E-state index contributed by atoms with van der Waals surface area (Å²) in [5, 5.41) is 3.70. The van der Waals surface area contributed by atoms with Gasteiger partial charge in [0, 0.05) is 18.7 Å². The maximum Gasteiger partial charge on any atom is 0.0926 e. The van der Waals surface area contributed by atoms with Crippen molar-refractivity contribution in [3.63, 3.8) is 0 Å². The Hall–Kier alpha value is -0.830. The van der Waals surface area contributed by atoms with Gasteiger partial charge in [0.25, 0.3) is 0 Å². The Bertz CT molecular complexity index is 344. The van der Waals surface area contributed by atoms with Crippen molar-refractivity contribution in [1.29, 1.82) is 0 Å². The molecule has 3 rings (SSSR count). The highest BCUT2D eigenvalue weighted by molar-refractivity contribution is 5.27. The molecule has 1 aromatic rings. The Morgan fingerprint density at radius 3 is 3.29 bits per heavy atom. The van der Waals surface area contributed by atoms with E-state index in [0.29, 0.717) is 0 Å². The summed E-state index contributed by atoms with van der Waals surface area (Å²) in [7, 11) is 0. The van der Waals surface area contributed by atoms with Crippen molar-refractivity contribution in [2.75, 3.05) is 6.54 Å². The number of nitrogens with one attached hydrogen (secondary N) is 2. The van der Waals surface area contributed by atoms with Crippen molar-refractivity contribution >= 4 is 0 Å². The molecule has 76 valence electrons. The molecule has 0 radical (unpaired) electrons. The molecular weight excluding hydrogens is 174 g/mol. The lowest BCUT2D eigenvalue weighted by Crippen LogP contribution is -2.49. The van der Waals surface area contributed by atoms with Crippen LogP contribution in [0.4, 0.5) is 0 Å². The quantitative estimate of drug-likeness (QED) is 0.653. The van der Waals surface area contributed by atoms with Gasteiger partial charge >= 0.3 is 0 Å². The van der Waals surface area contributed by atoms with Crippen molar-refractivity contribution < 1.29 is 0 Å². The van der Waals surface area contributed by atoms with Crippen molar-refractivity contribution in [2.45, 2.75) is 38.1 Å². The summed E-state index contributed by atoms with van der Waals surface area (Å²) in [5.41, 5.74) is 2.86. The van der Waals surface area contributed by atoms with Crippen LogP contribution < -0.4 is 5.32 Å². The molecule has 1 aliphatic carbocycles. The van der Waals surface area contributed by atoms with E-state index in [0.717, 1.165) is 18.9 Å². The summed E-state index contributed by atoms with van der Waals surface area (Å²) in [5.74, 6) is 0.727. The van der Waals surface area contributed by atoms with Gasteiger partial charge in [-0.05, 0) is 18.8 Å². The summed E-state index contributed by atoms with van der Waals surface area (Å²) in [6.45, 7) is 3.45. The Labute approximate surface area is 84.3 Å². The normalized spacial score (nSPS) is 36.2. The van der Waals surface area contributed by atoms with E-state index >= 15 is 0 Å². The molecule has 2 heterocycles. The van der Waals surface area contributed by atoms with Crippen LogP contribution in [0, 0.1) is 5.92 Å². The summed E-state index contributed by atoms with van der Waals surface area (Å²) < 4.78 is 0. The number of rotatable bonds is 0. The molecule has 1 spiro atoms. The molecule has 3 heteroatoms. The number of imidazole rings is 1. The van der Waals surface area contributed by atoms with E-state index in [2.05, 4.69) is 22.2 Å². The van der Waals surface area contributed by atoms with Gasteiger partial charge in [0.2, 0.25) is 0 Å². The summed E-state index contributed by atoms with van der Waals surface area (Å²) in [6.07, 6.45) is 6.88. The molecule has 1 aromatic heterocycles. The average Bonchev–Trinajstić information content (AvgIpc) is 2.76. The van der Waals surface area contributed by atoms with E-state index in [-0.39, 0.29) is 5.54 Å². The molecule has 0 aromatic carbocycles. The van der Waals surface area contributed by atoms with Crippen LogP contribution in [-0.4, -0.2) is 16.5 Å². The summed E-state index contributed by atoms with van der Waals surface area (Å²) in [6, 6.07) is 0. The second-order valence-electron chi connectivity index (χ2n) is 4.67. The van der Waals surface area contributed by atoms with Gasteiger partial charge in [0.05, 0.1) is 17.6 Å². The van der Waals surface area contributed by atoms with E-state index in [1.165, 1.54) is 30.7 Å². The third-order valence-corrected chi connectivity index (χ3v) is 4.01. The fraction of sp³-hybridized carbons (Fsp3) is 0.727. The van der Waals surface area contributed by atoms with Gasteiger partial charge in [-0.3, -0.25) is 0 Å². The van der Waals surface area contributed by atoms with E-state index < -0.39 is 0 Å². The number of nitrogens with zero attached hydrogens (tertiary/aromatic N) is 1. The first kappa shape index (κ1) is 8.48. The van der Waals surface area contributed by atoms with Crippen molar-refractivity contribution in [3.8, 4) is 0 Å². The fourth-order valence-corrected chi connectivity index (χ4v) is 3.18. The fourth-order valence-electron chi connectivity index (χ4n) is 3.18. The number of hydrogen-bond acceptors (Lipinski definition) is 2. The first-order chi connectivity index (χ1) is 6.83. The predicted octanol–water partition coefficient (Wildman–Crippen LogP) is 1.57. The van der Waals surface area contributed by atoms with E-state index in [1.807, 2.05) is 6.33 Å².